The molecule has 2 fully saturated rings. The maximum absolute atomic E-state index is 11.4. The van der Waals surface area contributed by atoms with E-state index in [-0.39, 0.29) is 23.7 Å². The minimum Gasteiger partial charge on any atom is -0.508 e. The van der Waals surface area contributed by atoms with Crippen molar-refractivity contribution in [1.82, 2.24) is 15.1 Å². The summed E-state index contributed by atoms with van der Waals surface area (Å²) in [6.45, 7) is 7.13. The van der Waals surface area contributed by atoms with Crippen LogP contribution in [0.4, 0.5) is 5.69 Å². The van der Waals surface area contributed by atoms with Crippen LogP contribution in [0.5, 0.6) is 17.2 Å². The van der Waals surface area contributed by atoms with E-state index in [2.05, 4.69) is 64.9 Å². The Bertz CT molecular complexity index is 1570. The van der Waals surface area contributed by atoms with Gasteiger partial charge in [-0.15, -0.1) is 0 Å². The van der Waals surface area contributed by atoms with Crippen LogP contribution in [0.15, 0.2) is 60.7 Å². The normalized spacial score (nSPS) is 17.2. The zero-order valence-electron chi connectivity index (χ0n) is 31.1. The molecule has 10 heteroatoms. The standard InChI is InChI=1S/C23H29NO3.C19H29N3O3/c1-24-13-11-23(12-14-24,20-6-3-2-4-7-20)21-18-19(8-9-22(21)26)10-17-27-16-5-15-25;1-22(12-14-4-2-3-5-14)11-10-20-9-8-15-6-7-16(23)18-19(15)25-13-17(24)21-18/h2-4,6-9,15,18,26H,5,10-14,16-17H2,1H3;6-7,14,20,23H,2-5,8-13H2,1H3,(H,21,24). The Morgan fingerprint density at radius 1 is 1.00 bits per heavy atom. The van der Waals surface area contributed by atoms with Gasteiger partial charge in [0.25, 0.3) is 5.91 Å². The van der Waals surface area contributed by atoms with Gasteiger partial charge in [-0.05, 0) is 107 Å². The van der Waals surface area contributed by atoms with Gasteiger partial charge >= 0.3 is 0 Å². The van der Waals surface area contributed by atoms with Gasteiger partial charge in [-0.1, -0.05) is 61.4 Å². The van der Waals surface area contributed by atoms with Crippen LogP contribution in [-0.4, -0.2) is 105 Å². The average Bonchev–Trinajstić information content (AvgIpc) is 3.67. The monoisotopic (exact) mass is 714 g/mol. The van der Waals surface area contributed by atoms with Crippen molar-refractivity contribution in [1.29, 1.82) is 0 Å². The van der Waals surface area contributed by atoms with Gasteiger partial charge < -0.3 is 44.9 Å². The number of hydrogen-bond donors (Lipinski definition) is 4. The molecule has 2 aliphatic heterocycles. The maximum Gasteiger partial charge on any atom is 0.262 e. The number of carbonyl (C=O) groups excluding carboxylic acids is 2. The number of piperidine rings is 1. The number of carbonyl (C=O) groups is 2. The van der Waals surface area contributed by atoms with Crippen molar-refractivity contribution in [3.8, 4) is 17.2 Å². The predicted octanol–water partition coefficient (Wildman–Crippen LogP) is 5.53. The summed E-state index contributed by atoms with van der Waals surface area (Å²) in [5, 5.41) is 26.8. The van der Waals surface area contributed by atoms with Crippen molar-refractivity contribution in [2.45, 2.75) is 63.2 Å². The highest BCUT2D eigenvalue weighted by molar-refractivity contribution is 5.97. The molecule has 1 saturated heterocycles. The van der Waals surface area contributed by atoms with Gasteiger partial charge in [-0.3, -0.25) is 4.79 Å². The molecule has 6 rings (SSSR count). The van der Waals surface area contributed by atoms with Crippen molar-refractivity contribution in [3.05, 3.63) is 82.9 Å². The first kappa shape index (κ1) is 39.3. The van der Waals surface area contributed by atoms with Gasteiger partial charge in [0.05, 0.1) is 13.2 Å². The molecule has 0 aromatic heterocycles. The van der Waals surface area contributed by atoms with E-state index in [4.69, 9.17) is 9.47 Å². The number of likely N-dealkylation sites (N-methyl/N-ethyl adjacent to an activating group) is 1. The number of phenolic OH excluding ortho intramolecular Hbond substituents is 2. The molecular weight excluding hydrogens is 656 g/mol. The van der Waals surface area contributed by atoms with Crippen LogP contribution in [0.1, 0.15) is 67.2 Å². The number of ether oxygens (including phenoxy) is 2. The van der Waals surface area contributed by atoms with Crippen LogP contribution in [0, 0.1) is 5.92 Å². The predicted molar refractivity (Wildman–Crippen MR) is 206 cm³/mol. The van der Waals surface area contributed by atoms with Gasteiger partial charge in [0.2, 0.25) is 0 Å². The van der Waals surface area contributed by atoms with Crippen LogP contribution >= 0.6 is 0 Å². The summed E-state index contributed by atoms with van der Waals surface area (Å²) in [7, 11) is 4.36. The van der Waals surface area contributed by atoms with Gasteiger partial charge in [0.1, 0.15) is 23.5 Å². The van der Waals surface area contributed by atoms with Gasteiger partial charge in [-0.25, -0.2) is 0 Å². The van der Waals surface area contributed by atoms with Crippen molar-refractivity contribution in [2.24, 2.45) is 5.92 Å². The fourth-order valence-electron chi connectivity index (χ4n) is 7.77. The topological polar surface area (TPSA) is 124 Å². The number of aromatic hydroxyl groups is 2. The van der Waals surface area contributed by atoms with Crippen molar-refractivity contribution in [2.75, 3.05) is 78.5 Å². The first-order valence-electron chi connectivity index (χ1n) is 19.0. The van der Waals surface area contributed by atoms with Crippen LogP contribution in [0.3, 0.4) is 0 Å². The number of phenols is 2. The molecule has 10 nitrogen and oxygen atoms in total. The molecule has 0 bridgehead atoms. The third-order valence-corrected chi connectivity index (χ3v) is 10.8. The Morgan fingerprint density at radius 2 is 1.75 bits per heavy atom. The molecule has 1 aliphatic carbocycles. The molecule has 3 aliphatic rings. The summed E-state index contributed by atoms with van der Waals surface area (Å²) < 4.78 is 11.0. The quantitative estimate of drug-likeness (QED) is 0.0862. The number of rotatable bonds is 16. The lowest BCUT2D eigenvalue weighted by molar-refractivity contribution is -0.118. The van der Waals surface area contributed by atoms with Gasteiger partial charge in [-0.2, -0.15) is 0 Å². The second kappa shape index (κ2) is 19.8. The zero-order chi connectivity index (χ0) is 36.8. The van der Waals surface area contributed by atoms with E-state index >= 15 is 0 Å². The van der Waals surface area contributed by atoms with E-state index < -0.39 is 0 Å². The summed E-state index contributed by atoms with van der Waals surface area (Å²) in [5.74, 6) is 1.67. The Morgan fingerprint density at radius 3 is 2.50 bits per heavy atom. The average molecular weight is 715 g/mol. The van der Waals surface area contributed by atoms with E-state index in [1.54, 1.807) is 6.07 Å². The third-order valence-electron chi connectivity index (χ3n) is 10.8. The van der Waals surface area contributed by atoms with Crippen molar-refractivity contribution < 1.29 is 29.3 Å². The molecule has 3 aromatic carbocycles. The lowest BCUT2D eigenvalue weighted by Crippen LogP contribution is -2.41. The molecular formula is C42H58N4O6. The van der Waals surface area contributed by atoms with E-state index in [0.717, 1.165) is 87.3 Å². The number of likely N-dealkylation sites (tertiary alicyclic amines) is 1. The maximum atomic E-state index is 11.4. The van der Waals surface area contributed by atoms with Gasteiger partial charge in [0, 0.05) is 37.0 Å². The summed E-state index contributed by atoms with van der Waals surface area (Å²) in [4.78, 5) is 26.6. The Kier molecular flexibility index (Phi) is 14.9. The number of hydrogen-bond acceptors (Lipinski definition) is 9. The first-order valence-corrected chi connectivity index (χ1v) is 19.0. The smallest absolute Gasteiger partial charge is 0.262 e. The Balaban J connectivity index is 0.000000202. The minimum absolute atomic E-state index is 0.00282. The molecule has 3 aromatic rings. The van der Waals surface area contributed by atoms with Crippen molar-refractivity contribution >= 4 is 17.9 Å². The van der Waals surface area contributed by atoms with Crippen LogP contribution in [0.2, 0.25) is 0 Å². The SMILES string of the molecule is CN(CCNCCc1ccc(O)c2c1OCC(=O)N2)CC1CCCC1.CN1CCC(c2ccccc2)(c2cc(CCOCCC=O)ccc2O)CC1. The lowest BCUT2D eigenvalue weighted by atomic mass is 9.67. The van der Waals surface area contributed by atoms with Crippen LogP contribution in [0.25, 0.3) is 0 Å². The molecule has 1 amide bonds. The number of amides is 1. The summed E-state index contributed by atoms with van der Waals surface area (Å²) >= 11 is 0. The molecule has 0 radical (unpaired) electrons. The summed E-state index contributed by atoms with van der Waals surface area (Å²) in [5.41, 5.74) is 4.68. The number of nitrogens with one attached hydrogen (secondary N) is 2. The van der Waals surface area contributed by atoms with Crippen molar-refractivity contribution in [3.63, 3.8) is 0 Å². The molecule has 52 heavy (non-hydrogen) atoms. The summed E-state index contributed by atoms with van der Waals surface area (Å²) in [6, 6.07) is 20.0. The number of aldehydes is 1. The zero-order valence-corrected chi connectivity index (χ0v) is 31.1. The molecule has 1 saturated carbocycles. The lowest BCUT2D eigenvalue weighted by Gasteiger charge is -2.42. The third kappa shape index (κ3) is 10.8. The fourth-order valence-corrected chi connectivity index (χ4v) is 7.77. The molecule has 2 heterocycles. The second-order valence-corrected chi connectivity index (χ2v) is 14.6. The first-order chi connectivity index (χ1) is 25.3. The number of nitrogens with zero attached hydrogens (tertiary/aromatic N) is 2. The fraction of sp³-hybridized carbons (Fsp3) is 0.524. The molecule has 4 N–H and O–H groups in total. The summed E-state index contributed by atoms with van der Waals surface area (Å²) in [6.07, 6.45) is 10.4. The number of benzene rings is 3. The van der Waals surface area contributed by atoms with E-state index in [9.17, 15) is 19.8 Å². The Hall–Kier alpha value is -3.96. The van der Waals surface area contributed by atoms with E-state index in [0.29, 0.717) is 36.8 Å². The molecule has 0 spiro atoms. The largest absolute Gasteiger partial charge is 0.508 e. The Labute approximate surface area is 309 Å². The van der Waals surface area contributed by atoms with E-state index in [1.807, 2.05) is 24.3 Å². The second-order valence-electron chi connectivity index (χ2n) is 14.6. The van der Waals surface area contributed by atoms with Gasteiger partial charge in [0.15, 0.2) is 12.4 Å². The highest BCUT2D eigenvalue weighted by atomic mass is 16.5. The molecule has 282 valence electrons. The minimum atomic E-state index is -0.233. The highest BCUT2D eigenvalue weighted by Gasteiger charge is 2.39. The van der Waals surface area contributed by atoms with E-state index in [1.165, 1.54) is 37.8 Å². The molecule has 0 unspecified atom stereocenters. The number of anilines is 1. The highest BCUT2D eigenvalue weighted by Crippen LogP contribution is 2.45. The van der Waals surface area contributed by atoms with Crippen LogP contribution < -0.4 is 15.4 Å². The van der Waals surface area contributed by atoms with Crippen LogP contribution in [-0.2, 0) is 32.6 Å². The number of fused-ring (bicyclic) bond motifs is 1. The molecule has 0 atom stereocenters.